The van der Waals surface area contributed by atoms with Crippen molar-refractivity contribution in [2.45, 2.75) is 88.9 Å². The quantitative estimate of drug-likeness (QED) is 0.392. The van der Waals surface area contributed by atoms with Gasteiger partial charge in [-0.3, -0.25) is 0 Å². The highest BCUT2D eigenvalue weighted by Gasteiger charge is 2.16. The molecular weight excluding hydrogens is 368 g/mol. The molecule has 2 fully saturated rings. The fourth-order valence-corrected chi connectivity index (χ4v) is 5.13. The average molecular weight is 407 g/mol. The Morgan fingerprint density at radius 2 is 0.867 bits per heavy atom. The summed E-state index contributed by atoms with van der Waals surface area (Å²) in [5, 5.41) is 0. The van der Waals surface area contributed by atoms with E-state index in [-0.39, 0.29) is 0 Å². The second-order valence-electron chi connectivity index (χ2n) is 9.21. The van der Waals surface area contributed by atoms with Gasteiger partial charge < -0.3 is 9.47 Å². The molecule has 0 heterocycles. The van der Waals surface area contributed by atoms with Crippen LogP contribution in [0.5, 0.6) is 11.5 Å². The lowest BCUT2D eigenvalue weighted by Crippen LogP contribution is -2.05. The summed E-state index contributed by atoms with van der Waals surface area (Å²) in [5.41, 5.74) is 2.98. The minimum absolute atomic E-state index is 0.757. The number of benzene rings is 2. The summed E-state index contributed by atoms with van der Waals surface area (Å²) < 4.78 is 11.9. The van der Waals surface area contributed by atoms with E-state index in [1.165, 1.54) is 75.3 Å². The van der Waals surface area contributed by atoms with E-state index < -0.39 is 0 Å². The maximum absolute atomic E-state index is 5.93. The number of hydrogen-bond donors (Lipinski definition) is 0. The van der Waals surface area contributed by atoms with Gasteiger partial charge >= 0.3 is 0 Å². The van der Waals surface area contributed by atoms with Crippen LogP contribution in [0.4, 0.5) is 0 Å². The van der Waals surface area contributed by atoms with E-state index in [1.54, 1.807) is 0 Å². The first kappa shape index (κ1) is 21.3. The molecule has 162 valence electrons. The summed E-state index contributed by atoms with van der Waals surface area (Å²) in [6, 6.07) is 17.7. The van der Waals surface area contributed by atoms with Crippen molar-refractivity contribution >= 4 is 0 Å². The highest BCUT2D eigenvalue weighted by atomic mass is 16.5. The highest BCUT2D eigenvalue weighted by molar-refractivity contribution is 5.30. The molecule has 0 aliphatic heterocycles. The van der Waals surface area contributed by atoms with Gasteiger partial charge in [-0.05, 0) is 85.8 Å². The van der Waals surface area contributed by atoms with Crippen molar-refractivity contribution in [1.29, 1.82) is 0 Å². The van der Waals surface area contributed by atoms with Gasteiger partial charge in [-0.1, -0.05) is 62.8 Å². The van der Waals surface area contributed by atoms with E-state index in [0.717, 1.165) is 49.4 Å². The molecule has 0 unspecified atom stereocenters. The third kappa shape index (κ3) is 6.27. The molecule has 2 aliphatic carbocycles. The van der Waals surface area contributed by atoms with Crippen molar-refractivity contribution < 1.29 is 9.47 Å². The molecule has 0 saturated heterocycles. The summed E-state index contributed by atoms with van der Waals surface area (Å²) in [4.78, 5) is 0. The van der Waals surface area contributed by atoms with Gasteiger partial charge in [0.1, 0.15) is 11.5 Å². The molecule has 0 N–H and O–H groups in total. The van der Waals surface area contributed by atoms with Gasteiger partial charge in [0.05, 0.1) is 13.2 Å². The smallest absolute Gasteiger partial charge is 0.119 e. The van der Waals surface area contributed by atoms with Crippen molar-refractivity contribution in [2.75, 3.05) is 13.2 Å². The zero-order valence-corrected chi connectivity index (χ0v) is 18.5. The largest absolute Gasteiger partial charge is 0.494 e. The zero-order valence-electron chi connectivity index (χ0n) is 18.5. The fraction of sp³-hybridized carbons (Fsp3) is 0.571. The molecule has 0 bridgehead atoms. The van der Waals surface area contributed by atoms with Crippen LogP contribution in [0.15, 0.2) is 48.5 Å². The lowest BCUT2D eigenvalue weighted by molar-refractivity contribution is 0.266. The topological polar surface area (TPSA) is 18.5 Å². The molecule has 2 saturated carbocycles. The Hall–Kier alpha value is -1.96. The first-order valence-corrected chi connectivity index (χ1v) is 12.3. The number of ether oxygens (including phenoxy) is 2. The molecule has 0 aromatic heterocycles. The van der Waals surface area contributed by atoms with Crippen molar-refractivity contribution in [3.8, 4) is 11.5 Å². The standard InChI is InChI=1S/C28H38O2/c1-3-9-23(10-4-1)25-13-17-27(18-14-25)29-21-7-8-22-30-28-19-15-26(16-20-28)24-11-5-2-6-12-24/h13-20,23-24H,1-12,21-22H2. The lowest BCUT2D eigenvalue weighted by atomic mass is 9.84. The Morgan fingerprint density at radius 1 is 0.500 bits per heavy atom. The summed E-state index contributed by atoms with van der Waals surface area (Å²) in [7, 11) is 0. The second kappa shape index (κ2) is 11.4. The van der Waals surface area contributed by atoms with Crippen molar-refractivity contribution in [3.63, 3.8) is 0 Å². The van der Waals surface area contributed by atoms with Crippen LogP contribution in [0.3, 0.4) is 0 Å². The number of hydrogen-bond acceptors (Lipinski definition) is 2. The fourth-order valence-electron chi connectivity index (χ4n) is 5.13. The molecule has 2 aromatic rings. The summed E-state index contributed by atoms with van der Waals surface area (Å²) >= 11 is 0. The van der Waals surface area contributed by atoms with Crippen LogP contribution in [-0.2, 0) is 0 Å². The number of unbranched alkanes of at least 4 members (excludes halogenated alkanes) is 1. The van der Waals surface area contributed by atoms with Crippen LogP contribution < -0.4 is 9.47 Å². The molecule has 2 nitrogen and oxygen atoms in total. The van der Waals surface area contributed by atoms with Gasteiger partial charge in [0.15, 0.2) is 0 Å². The summed E-state index contributed by atoms with van der Waals surface area (Å²) in [6.45, 7) is 1.51. The van der Waals surface area contributed by atoms with Gasteiger partial charge in [0.2, 0.25) is 0 Å². The Labute approximate surface area is 183 Å². The van der Waals surface area contributed by atoms with E-state index >= 15 is 0 Å². The van der Waals surface area contributed by atoms with Gasteiger partial charge in [-0.25, -0.2) is 0 Å². The van der Waals surface area contributed by atoms with Crippen LogP contribution in [0.1, 0.15) is 100 Å². The monoisotopic (exact) mass is 406 g/mol. The van der Waals surface area contributed by atoms with Crippen molar-refractivity contribution in [2.24, 2.45) is 0 Å². The summed E-state index contributed by atoms with van der Waals surface area (Å²) in [5.74, 6) is 3.52. The number of rotatable bonds is 9. The van der Waals surface area contributed by atoms with Crippen LogP contribution >= 0.6 is 0 Å². The van der Waals surface area contributed by atoms with Gasteiger partial charge in [0.25, 0.3) is 0 Å². The van der Waals surface area contributed by atoms with E-state index in [9.17, 15) is 0 Å². The van der Waals surface area contributed by atoms with Crippen LogP contribution in [0.25, 0.3) is 0 Å². The molecule has 4 rings (SSSR count). The predicted molar refractivity (Wildman–Crippen MR) is 125 cm³/mol. The van der Waals surface area contributed by atoms with E-state index in [1.807, 2.05) is 0 Å². The second-order valence-corrected chi connectivity index (χ2v) is 9.21. The molecule has 30 heavy (non-hydrogen) atoms. The summed E-state index contributed by atoms with van der Waals surface area (Å²) in [6.07, 6.45) is 15.8. The first-order valence-electron chi connectivity index (χ1n) is 12.3. The molecule has 2 aliphatic rings. The molecule has 0 amide bonds. The molecule has 0 radical (unpaired) electrons. The Morgan fingerprint density at radius 3 is 1.23 bits per heavy atom. The predicted octanol–water partition coefficient (Wildman–Crippen LogP) is 8.02. The third-order valence-electron chi connectivity index (χ3n) is 6.99. The van der Waals surface area contributed by atoms with E-state index in [0.29, 0.717) is 0 Å². The van der Waals surface area contributed by atoms with Crippen LogP contribution in [-0.4, -0.2) is 13.2 Å². The maximum atomic E-state index is 5.93. The van der Waals surface area contributed by atoms with Crippen LogP contribution in [0.2, 0.25) is 0 Å². The zero-order chi connectivity index (χ0) is 20.4. The Balaban J connectivity index is 1.10. The minimum atomic E-state index is 0.757. The van der Waals surface area contributed by atoms with Crippen molar-refractivity contribution in [1.82, 2.24) is 0 Å². The highest BCUT2D eigenvalue weighted by Crippen LogP contribution is 2.34. The Bertz CT molecular complexity index is 657. The minimum Gasteiger partial charge on any atom is -0.494 e. The average Bonchev–Trinajstić information content (AvgIpc) is 2.83. The SMILES string of the molecule is c1cc(C2CCCCC2)ccc1OCCCCOc1ccc(C2CCCCC2)cc1. The Kier molecular flexibility index (Phi) is 8.11. The molecule has 0 atom stereocenters. The molecule has 2 aromatic carbocycles. The van der Waals surface area contributed by atoms with E-state index in [2.05, 4.69) is 48.5 Å². The first-order chi connectivity index (χ1) is 14.9. The van der Waals surface area contributed by atoms with Gasteiger partial charge in [-0.2, -0.15) is 0 Å². The van der Waals surface area contributed by atoms with E-state index in [4.69, 9.17) is 9.47 Å². The van der Waals surface area contributed by atoms with Crippen LogP contribution in [0, 0.1) is 0 Å². The molecule has 2 heteroatoms. The normalized spacial score (nSPS) is 18.3. The molecular formula is C28H38O2. The lowest BCUT2D eigenvalue weighted by Gasteiger charge is -2.22. The van der Waals surface area contributed by atoms with Gasteiger partial charge in [0, 0.05) is 0 Å². The van der Waals surface area contributed by atoms with Crippen molar-refractivity contribution in [3.05, 3.63) is 59.7 Å². The molecule has 0 spiro atoms. The third-order valence-corrected chi connectivity index (χ3v) is 6.99. The van der Waals surface area contributed by atoms with Gasteiger partial charge in [-0.15, -0.1) is 0 Å². The maximum Gasteiger partial charge on any atom is 0.119 e.